The van der Waals surface area contributed by atoms with E-state index in [4.69, 9.17) is 5.26 Å². The molecular weight excluding hydrogens is 355 g/mol. The average Bonchev–Trinajstić information content (AvgIpc) is 2.96. The third kappa shape index (κ3) is 4.33. The number of rotatable bonds is 5. The summed E-state index contributed by atoms with van der Waals surface area (Å²) in [6.07, 6.45) is 3.51. The largest absolute Gasteiger partial charge is 0.323 e. The molecule has 0 radical (unpaired) electrons. The van der Waals surface area contributed by atoms with Crippen LogP contribution in [0.2, 0.25) is 0 Å². The van der Waals surface area contributed by atoms with Crippen molar-refractivity contribution in [2.45, 2.75) is 20.3 Å². The van der Waals surface area contributed by atoms with Gasteiger partial charge in [0.1, 0.15) is 5.82 Å². The van der Waals surface area contributed by atoms with E-state index in [1.807, 2.05) is 26.0 Å². The molecule has 3 rings (SSSR count). The molecule has 1 heterocycles. The molecule has 1 N–H and O–H groups in total. The van der Waals surface area contributed by atoms with Crippen molar-refractivity contribution >= 4 is 17.7 Å². The van der Waals surface area contributed by atoms with Crippen LogP contribution in [0.15, 0.2) is 54.6 Å². The van der Waals surface area contributed by atoms with Crippen LogP contribution in [-0.4, -0.2) is 15.7 Å². The summed E-state index contributed by atoms with van der Waals surface area (Å²) in [6, 6.07) is 15.3. The molecule has 1 aromatic heterocycles. The van der Waals surface area contributed by atoms with Gasteiger partial charge in [-0.1, -0.05) is 12.1 Å². The van der Waals surface area contributed by atoms with Gasteiger partial charge in [0.05, 0.1) is 23.9 Å². The molecule has 3 aromatic rings. The van der Waals surface area contributed by atoms with Crippen molar-refractivity contribution in [1.29, 1.82) is 5.26 Å². The lowest BCUT2D eigenvalue weighted by molar-refractivity contribution is -0.111. The average molecular weight is 374 g/mol. The minimum atomic E-state index is -0.303. The molecule has 0 bridgehead atoms. The molecule has 6 heteroatoms. The van der Waals surface area contributed by atoms with Crippen LogP contribution in [0.25, 0.3) is 11.8 Å². The summed E-state index contributed by atoms with van der Waals surface area (Å²) in [5.74, 6) is -0.566. The van der Waals surface area contributed by atoms with Crippen LogP contribution in [0.3, 0.4) is 0 Å². The van der Waals surface area contributed by atoms with Crippen molar-refractivity contribution in [3.05, 3.63) is 82.9 Å². The molecule has 0 aliphatic heterocycles. The molecule has 0 spiro atoms. The number of amides is 1. The van der Waals surface area contributed by atoms with Gasteiger partial charge in [-0.05, 0) is 61.9 Å². The van der Waals surface area contributed by atoms with Crippen LogP contribution in [0, 0.1) is 31.0 Å². The third-order valence-corrected chi connectivity index (χ3v) is 4.32. The number of hydrogen-bond donors (Lipinski definition) is 1. The summed E-state index contributed by atoms with van der Waals surface area (Å²) in [6.45, 7) is 3.76. The number of nitriles is 1. The fourth-order valence-electron chi connectivity index (χ4n) is 2.87. The Morgan fingerprint density at radius 2 is 1.86 bits per heavy atom. The zero-order valence-electron chi connectivity index (χ0n) is 15.6. The highest BCUT2D eigenvalue weighted by Gasteiger charge is 2.11. The van der Waals surface area contributed by atoms with E-state index in [1.54, 1.807) is 35.0 Å². The standard InChI is InChI=1S/C22H19FN4O/c1-15-21(16(2)27(26-15)20-9-5-18(23)6-10-20)11-12-22(28)25-19-7-3-17(4-8-19)13-14-24/h3-12H,13H2,1-2H3,(H,25,28)/b12-11+. The van der Waals surface area contributed by atoms with E-state index in [0.29, 0.717) is 12.1 Å². The molecule has 1 amide bonds. The Kier molecular flexibility index (Phi) is 5.66. The highest BCUT2D eigenvalue weighted by molar-refractivity contribution is 6.02. The Hall–Kier alpha value is -3.72. The number of aromatic nitrogens is 2. The van der Waals surface area contributed by atoms with Crippen molar-refractivity contribution in [3.63, 3.8) is 0 Å². The zero-order valence-corrected chi connectivity index (χ0v) is 15.6. The van der Waals surface area contributed by atoms with Crippen molar-refractivity contribution in [1.82, 2.24) is 9.78 Å². The minimum Gasteiger partial charge on any atom is -0.323 e. The van der Waals surface area contributed by atoms with Gasteiger partial charge < -0.3 is 5.32 Å². The monoisotopic (exact) mass is 374 g/mol. The highest BCUT2D eigenvalue weighted by atomic mass is 19.1. The van der Waals surface area contributed by atoms with Gasteiger partial charge in [-0.15, -0.1) is 0 Å². The van der Waals surface area contributed by atoms with E-state index in [0.717, 1.165) is 28.2 Å². The molecule has 0 fully saturated rings. The first-order valence-corrected chi connectivity index (χ1v) is 8.75. The predicted molar refractivity (Wildman–Crippen MR) is 106 cm³/mol. The van der Waals surface area contributed by atoms with Crippen LogP contribution < -0.4 is 5.32 Å². The second kappa shape index (κ2) is 8.31. The smallest absolute Gasteiger partial charge is 0.248 e. The van der Waals surface area contributed by atoms with E-state index in [1.165, 1.54) is 18.2 Å². The fraction of sp³-hybridized carbons (Fsp3) is 0.136. The Bertz CT molecular complexity index is 1060. The molecule has 140 valence electrons. The van der Waals surface area contributed by atoms with Gasteiger partial charge in [0, 0.05) is 23.0 Å². The van der Waals surface area contributed by atoms with E-state index in [9.17, 15) is 9.18 Å². The molecule has 0 saturated heterocycles. The third-order valence-electron chi connectivity index (χ3n) is 4.32. The first kappa shape index (κ1) is 19.1. The second-order valence-corrected chi connectivity index (χ2v) is 6.33. The molecule has 2 aromatic carbocycles. The fourth-order valence-corrected chi connectivity index (χ4v) is 2.87. The van der Waals surface area contributed by atoms with Crippen molar-refractivity contribution in [2.24, 2.45) is 0 Å². The molecule has 0 unspecified atom stereocenters. The number of hydrogen-bond acceptors (Lipinski definition) is 3. The number of benzene rings is 2. The summed E-state index contributed by atoms with van der Waals surface area (Å²) in [4.78, 5) is 12.2. The number of carbonyl (C=O) groups excluding carboxylic acids is 1. The van der Waals surface area contributed by atoms with Crippen LogP contribution in [0.4, 0.5) is 10.1 Å². The molecule has 0 aliphatic rings. The van der Waals surface area contributed by atoms with Gasteiger partial charge in [0.25, 0.3) is 0 Å². The number of carbonyl (C=O) groups is 1. The van der Waals surface area contributed by atoms with Gasteiger partial charge >= 0.3 is 0 Å². The van der Waals surface area contributed by atoms with Crippen LogP contribution >= 0.6 is 0 Å². The van der Waals surface area contributed by atoms with E-state index >= 15 is 0 Å². The summed E-state index contributed by atoms with van der Waals surface area (Å²) in [7, 11) is 0. The topological polar surface area (TPSA) is 70.7 Å². The van der Waals surface area contributed by atoms with Crippen LogP contribution in [0.1, 0.15) is 22.5 Å². The van der Waals surface area contributed by atoms with Crippen molar-refractivity contribution in [3.8, 4) is 11.8 Å². The van der Waals surface area contributed by atoms with Gasteiger partial charge in [-0.3, -0.25) is 4.79 Å². The zero-order chi connectivity index (χ0) is 20.1. The maximum Gasteiger partial charge on any atom is 0.248 e. The lowest BCUT2D eigenvalue weighted by Gasteiger charge is -2.04. The van der Waals surface area contributed by atoms with Crippen LogP contribution in [-0.2, 0) is 11.2 Å². The number of aryl methyl sites for hydroxylation is 1. The number of nitrogens with one attached hydrogen (secondary N) is 1. The lowest BCUT2D eigenvalue weighted by atomic mass is 10.1. The van der Waals surface area contributed by atoms with Gasteiger partial charge in [-0.25, -0.2) is 9.07 Å². The Balaban J connectivity index is 1.74. The Morgan fingerprint density at radius 3 is 2.50 bits per heavy atom. The summed E-state index contributed by atoms with van der Waals surface area (Å²) >= 11 is 0. The van der Waals surface area contributed by atoms with Crippen molar-refractivity contribution in [2.75, 3.05) is 5.32 Å². The van der Waals surface area contributed by atoms with E-state index in [-0.39, 0.29) is 11.7 Å². The maximum atomic E-state index is 13.1. The SMILES string of the molecule is Cc1nn(-c2ccc(F)cc2)c(C)c1/C=C/C(=O)Nc1ccc(CC#N)cc1. The van der Waals surface area contributed by atoms with E-state index in [2.05, 4.69) is 16.5 Å². The van der Waals surface area contributed by atoms with Gasteiger partial charge in [-0.2, -0.15) is 10.4 Å². The second-order valence-electron chi connectivity index (χ2n) is 6.33. The molecule has 0 atom stereocenters. The summed E-state index contributed by atoms with van der Waals surface area (Å²) in [5.41, 5.74) is 4.77. The minimum absolute atomic E-state index is 0.263. The first-order valence-electron chi connectivity index (χ1n) is 8.75. The van der Waals surface area contributed by atoms with E-state index < -0.39 is 0 Å². The summed E-state index contributed by atoms with van der Waals surface area (Å²) in [5, 5.41) is 16.0. The number of halogens is 1. The maximum absolute atomic E-state index is 13.1. The predicted octanol–water partition coefficient (Wildman–Crippen LogP) is 4.35. The van der Waals surface area contributed by atoms with Crippen molar-refractivity contribution < 1.29 is 9.18 Å². The Morgan fingerprint density at radius 1 is 1.18 bits per heavy atom. The highest BCUT2D eigenvalue weighted by Crippen LogP contribution is 2.19. The van der Waals surface area contributed by atoms with Gasteiger partial charge in [0.2, 0.25) is 5.91 Å². The molecule has 5 nitrogen and oxygen atoms in total. The van der Waals surface area contributed by atoms with Crippen LogP contribution in [0.5, 0.6) is 0 Å². The summed E-state index contributed by atoms with van der Waals surface area (Å²) < 4.78 is 14.9. The Labute approximate surface area is 162 Å². The lowest BCUT2D eigenvalue weighted by Crippen LogP contribution is -2.07. The first-order chi connectivity index (χ1) is 13.5. The molecule has 0 aliphatic carbocycles. The number of anilines is 1. The molecular formula is C22H19FN4O. The van der Waals surface area contributed by atoms with Gasteiger partial charge in [0.15, 0.2) is 0 Å². The normalized spacial score (nSPS) is 10.8. The number of nitrogens with zero attached hydrogens (tertiary/aromatic N) is 3. The quantitative estimate of drug-likeness (QED) is 0.675. The molecule has 0 saturated carbocycles. The molecule has 28 heavy (non-hydrogen) atoms.